The molecule has 0 aliphatic rings. The van der Waals surface area contributed by atoms with Crippen LogP contribution in [-0.2, 0) is 14.8 Å². The highest BCUT2D eigenvalue weighted by atomic mass is 35.5. The minimum Gasteiger partial charge on any atom is -0.356 e. The molecule has 0 aromatic heterocycles. The summed E-state index contributed by atoms with van der Waals surface area (Å²) < 4.78 is 25.7. The molecule has 0 radical (unpaired) electrons. The number of unbranched alkanes of at least 4 members (excludes halogenated alkanes) is 1. The van der Waals surface area contributed by atoms with E-state index in [9.17, 15) is 13.2 Å². The van der Waals surface area contributed by atoms with Gasteiger partial charge in [-0.1, -0.05) is 44.7 Å². The summed E-state index contributed by atoms with van der Waals surface area (Å²) in [6.07, 6.45) is 6.48. The number of nitrogens with one attached hydrogen (secondary N) is 1. The molecule has 0 spiro atoms. The second kappa shape index (κ2) is 11.5. The highest BCUT2D eigenvalue weighted by molar-refractivity contribution is 7.92. The third-order valence-corrected chi connectivity index (χ3v) is 6.14. The van der Waals surface area contributed by atoms with Crippen LogP contribution in [0.15, 0.2) is 18.2 Å². The number of anilines is 1. The number of nitrogens with zero attached hydrogens (tertiary/aromatic N) is 1. The number of aryl methyl sites for hydroxylation is 1. The Labute approximate surface area is 169 Å². The zero-order valence-corrected chi connectivity index (χ0v) is 18.5. The normalized spacial score (nSPS) is 12.6. The van der Waals surface area contributed by atoms with E-state index in [1.54, 1.807) is 18.2 Å². The molecule has 0 fully saturated rings. The van der Waals surface area contributed by atoms with Gasteiger partial charge in [-0.05, 0) is 49.4 Å². The molecule has 1 amide bonds. The van der Waals surface area contributed by atoms with E-state index < -0.39 is 10.0 Å². The lowest BCUT2D eigenvalue weighted by molar-refractivity contribution is -0.121. The number of sulfonamides is 1. The first-order valence-corrected chi connectivity index (χ1v) is 11.9. The van der Waals surface area contributed by atoms with Crippen LogP contribution in [-0.4, -0.2) is 33.7 Å². The van der Waals surface area contributed by atoms with Gasteiger partial charge in [0, 0.05) is 24.5 Å². The number of hydrogen-bond acceptors (Lipinski definition) is 3. The minimum absolute atomic E-state index is 0.0220. The number of carbonyl (C=O) groups is 1. The first-order valence-electron chi connectivity index (χ1n) is 9.69. The number of hydrogen-bond donors (Lipinski definition) is 1. The lowest BCUT2D eigenvalue weighted by atomic mass is 9.99. The predicted molar refractivity (Wildman–Crippen MR) is 114 cm³/mol. The molecule has 7 heteroatoms. The van der Waals surface area contributed by atoms with Gasteiger partial charge in [0.05, 0.1) is 11.9 Å². The van der Waals surface area contributed by atoms with E-state index in [0.717, 1.165) is 24.8 Å². The van der Waals surface area contributed by atoms with E-state index in [1.165, 1.54) is 17.0 Å². The van der Waals surface area contributed by atoms with E-state index in [0.29, 0.717) is 36.0 Å². The summed E-state index contributed by atoms with van der Waals surface area (Å²) in [6, 6.07) is 5.12. The fraction of sp³-hybridized carbons (Fsp3) is 0.650. The van der Waals surface area contributed by atoms with Crippen molar-refractivity contribution < 1.29 is 13.2 Å². The average molecular weight is 417 g/mol. The largest absolute Gasteiger partial charge is 0.356 e. The van der Waals surface area contributed by atoms with E-state index in [-0.39, 0.29) is 12.5 Å². The highest BCUT2D eigenvalue weighted by Gasteiger charge is 2.19. The molecule has 27 heavy (non-hydrogen) atoms. The van der Waals surface area contributed by atoms with E-state index >= 15 is 0 Å². The number of rotatable bonds is 12. The Balaban J connectivity index is 2.58. The summed E-state index contributed by atoms with van der Waals surface area (Å²) in [5.74, 6) is 0.490. The first kappa shape index (κ1) is 23.8. The van der Waals surface area contributed by atoms with Crippen LogP contribution in [0.5, 0.6) is 0 Å². The maximum atomic E-state index is 12.2. The SMILES string of the molecule is CCCCC(CC)CNC(=O)CCCN(c1ccc(Cl)cc1C)S(C)(=O)=O. The zero-order chi connectivity index (χ0) is 20.4. The molecular weight excluding hydrogens is 384 g/mol. The summed E-state index contributed by atoms with van der Waals surface area (Å²) in [7, 11) is -3.43. The van der Waals surface area contributed by atoms with E-state index in [2.05, 4.69) is 19.2 Å². The van der Waals surface area contributed by atoms with Crippen molar-refractivity contribution in [1.82, 2.24) is 5.32 Å². The number of halogens is 1. The van der Waals surface area contributed by atoms with Crippen molar-refractivity contribution in [1.29, 1.82) is 0 Å². The molecule has 0 saturated heterocycles. The van der Waals surface area contributed by atoms with Gasteiger partial charge in [-0.15, -0.1) is 0 Å². The maximum Gasteiger partial charge on any atom is 0.232 e. The molecule has 1 aromatic rings. The Kier molecular flexibility index (Phi) is 10.2. The Morgan fingerprint density at radius 2 is 1.96 bits per heavy atom. The molecule has 1 aromatic carbocycles. The van der Waals surface area contributed by atoms with Gasteiger partial charge in [-0.25, -0.2) is 8.42 Å². The van der Waals surface area contributed by atoms with Crippen LogP contribution in [0.4, 0.5) is 5.69 Å². The summed E-state index contributed by atoms with van der Waals surface area (Å²) in [5.41, 5.74) is 1.40. The van der Waals surface area contributed by atoms with Crippen LogP contribution < -0.4 is 9.62 Å². The molecule has 1 rings (SSSR count). The maximum absolute atomic E-state index is 12.2. The monoisotopic (exact) mass is 416 g/mol. The van der Waals surface area contributed by atoms with Crippen molar-refractivity contribution in [2.24, 2.45) is 5.92 Å². The van der Waals surface area contributed by atoms with Crippen molar-refractivity contribution in [3.63, 3.8) is 0 Å². The summed E-state index contributed by atoms with van der Waals surface area (Å²) in [6.45, 7) is 7.10. The standard InChI is InChI=1S/C20H33ClN2O3S/c1-5-7-9-17(6-2)15-22-20(24)10-8-13-23(27(4,25)26)19-12-11-18(21)14-16(19)3/h11-12,14,17H,5-10,13,15H2,1-4H3,(H,22,24). The molecule has 0 saturated carbocycles. The van der Waals surface area contributed by atoms with Crippen LogP contribution in [0, 0.1) is 12.8 Å². The zero-order valence-electron chi connectivity index (χ0n) is 16.9. The quantitative estimate of drug-likeness (QED) is 0.544. The number of carbonyl (C=O) groups excluding carboxylic acids is 1. The lowest BCUT2D eigenvalue weighted by Gasteiger charge is -2.24. The fourth-order valence-corrected chi connectivity index (χ4v) is 4.29. The number of benzene rings is 1. The van der Waals surface area contributed by atoms with Gasteiger partial charge in [0.15, 0.2) is 0 Å². The first-order chi connectivity index (χ1) is 12.7. The molecule has 154 valence electrons. The van der Waals surface area contributed by atoms with Gasteiger partial charge in [-0.2, -0.15) is 0 Å². The Morgan fingerprint density at radius 1 is 1.26 bits per heavy atom. The summed E-state index contributed by atoms with van der Waals surface area (Å²) >= 11 is 5.96. The Bertz CT molecular complexity index is 707. The van der Waals surface area contributed by atoms with Crippen LogP contribution >= 0.6 is 11.6 Å². The van der Waals surface area contributed by atoms with Crippen molar-refractivity contribution >= 4 is 33.2 Å². The molecule has 1 N–H and O–H groups in total. The average Bonchev–Trinajstić information content (AvgIpc) is 2.59. The smallest absolute Gasteiger partial charge is 0.232 e. The molecule has 1 atom stereocenters. The van der Waals surface area contributed by atoms with Gasteiger partial charge in [0.2, 0.25) is 15.9 Å². The van der Waals surface area contributed by atoms with Crippen molar-refractivity contribution in [3.8, 4) is 0 Å². The van der Waals surface area contributed by atoms with Crippen LogP contribution in [0.1, 0.15) is 57.9 Å². The van der Waals surface area contributed by atoms with Gasteiger partial charge in [0.1, 0.15) is 0 Å². The topological polar surface area (TPSA) is 66.5 Å². The Morgan fingerprint density at radius 3 is 2.52 bits per heavy atom. The molecule has 0 aliphatic heterocycles. The van der Waals surface area contributed by atoms with Gasteiger partial charge >= 0.3 is 0 Å². The van der Waals surface area contributed by atoms with E-state index in [4.69, 9.17) is 11.6 Å². The predicted octanol–water partition coefficient (Wildman–Crippen LogP) is 4.53. The molecular formula is C20H33ClN2O3S. The summed E-state index contributed by atoms with van der Waals surface area (Å²) in [4.78, 5) is 12.1. The van der Waals surface area contributed by atoms with Gasteiger partial charge < -0.3 is 5.32 Å². The van der Waals surface area contributed by atoms with Crippen molar-refractivity contribution in [2.75, 3.05) is 23.7 Å². The second-order valence-electron chi connectivity index (χ2n) is 7.09. The fourth-order valence-electron chi connectivity index (χ4n) is 3.04. The molecule has 0 heterocycles. The van der Waals surface area contributed by atoms with Crippen LogP contribution in [0.3, 0.4) is 0 Å². The lowest BCUT2D eigenvalue weighted by Crippen LogP contribution is -2.33. The molecule has 1 unspecified atom stereocenters. The van der Waals surface area contributed by atoms with Gasteiger partial charge in [0.25, 0.3) is 0 Å². The Hall–Kier alpha value is -1.27. The third kappa shape index (κ3) is 8.52. The second-order valence-corrected chi connectivity index (χ2v) is 9.43. The van der Waals surface area contributed by atoms with Crippen LogP contribution in [0.2, 0.25) is 5.02 Å². The molecule has 0 aliphatic carbocycles. The highest BCUT2D eigenvalue weighted by Crippen LogP contribution is 2.26. The summed E-state index contributed by atoms with van der Waals surface area (Å²) in [5, 5.41) is 3.56. The molecule has 0 bridgehead atoms. The molecule has 5 nitrogen and oxygen atoms in total. The van der Waals surface area contributed by atoms with Crippen molar-refractivity contribution in [3.05, 3.63) is 28.8 Å². The van der Waals surface area contributed by atoms with Crippen molar-refractivity contribution in [2.45, 2.75) is 59.3 Å². The number of amides is 1. The van der Waals surface area contributed by atoms with Gasteiger partial charge in [-0.3, -0.25) is 9.10 Å². The van der Waals surface area contributed by atoms with E-state index in [1.807, 2.05) is 6.92 Å². The third-order valence-electron chi connectivity index (χ3n) is 4.72. The van der Waals surface area contributed by atoms with Crippen LogP contribution in [0.25, 0.3) is 0 Å². The minimum atomic E-state index is -3.43.